The van der Waals surface area contributed by atoms with Gasteiger partial charge in [0.25, 0.3) is 0 Å². The average molecular weight is 567 g/mol. The highest BCUT2D eigenvalue weighted by molar-refractivity contribution is 5.82. The molecule has 0 spiro atoms. The van der Waals surface area contributed by atoms with Crippen LogP contribution in [0, 0.1) is 0 Å². The van der Waals surface area contributed by atoms with Gasteiger partial charge in [-0.2, -0.15) is 0 Å². The lowest BCUT2D eigenvalue weighted by Gasteiger charge is -2.40. The van der Waals surface area contributed by atoms with E-state index in [2.05, 4.69) is 42.5 Å². The number of rotatable bonds is 10. The smallest absolute Gasteiger partial charge is 0.195 e. The largest absolute Gasteiger partial charge is 0.530 e. The highest BCUT2D eigenvalue weighted by Gasteiger charge is 2.38. The zero-order chi connectivity index (χ0) is 28.8. The Labute approximate surface area is 246 Å². The molecule has 2 saturated heterocycles. The fraction of sp³-hybridized carbons (Fsp3) is 0.343. The van der Waals surface area contributed by atoms with Crippen LogP contribution in [-0.4, -0.2) is 50.0 Å². The molecule has 2 atom stereocenters. The summed E-state index contributed by atoms with van der Waals surface area (Å²) in [5, 5.41) is 14.0. The van der Waals surface area contributed by atoms with E-state index in [9.17, 15) is 9.90 Å². The zero-order valence-electron chi connectivity index (χ0n) is 23.7. The maximum atomic E-state index is 11.6. The van der Waals surface area contributed by atoms with Crippen LogP contribution in [0.3, 0.4) is 0 Å². The fourth-order valence-electron chi connectivity index (χ4n) is 6.07. The van der Waals surface area contributed by atoms with Crippen molar-refractivity contribution in [1.29, 1.82) is 0 Å². The molecule has 2 unspecified atom stereocenters. The van der Waals surface area contributed by atoms with Gasteiger partial charge in [0.05, 0.1) is 32.5 Å². The van der Waals surface area contributed by atoms with Gasteiger partial charge in [-0.05, 0) is 52.9 Å². The predicted octanol–water partition coefficient (Wildman–Crippen LogP) is 5.62. The third-order valence-electron chi connectivity index (χ3n) is 8.29. The number of hydrogen-bond donors (Lipinski definition) is 0. The van der Waals surface area contributed by atoms with Crippen molar-refractivity contribution >= 4 is 16.9 Å². The number of likely N-dealkylation sites (tertiary alicyclic amines) is 1. The van der Waals surface area contributed by atoms with Crippen LogP contribution in [0.5, 0.6) is 5.75 Å². The van der Waals surface area contributed by atoms with Gasteiger partial charge in [-0.1, -0.05) is 78.9 Å². The normalized spacial score (nSPS) is 20.0. The Morgan fingerprint density at radius 2 is 1.64 bits per heavy atom. The number of nitrogens with zero attached hydrogens (tertiary/aromatic N) is 1. The van der Waals surface area contributed by atoms with Crippen molar-refractivity contribution in [2.75, 3.05) is 32.9 Å². The van der Waals surface area contributed by atoms with Crippen LogP contribution in [-0.2, 0) is 26.6 Å². The molecule has 0 saturated carbocycles. The number of carbonyl (C=O) groups is 1. The number of fused-ring (bicyclic) bond motifs is 1. The Morgan fingerprint density at radius 1 is 0.905 bits per heavy atom. The van der Waals surface area contributed by atoms with Crippen LogP contribution in [0.25, 0.3) is 10.8 Å². The summed E-state index contributed by atoms with van der Waals surface area (Å²) in [6, 6.07) is 32.7. The summed E-state index contributed by atoms with van der Waals surface area (Å²) < 4.78 is 24.5. The first-order chi connectivity index (χ1) is 20.6. The van der Waals surface area contributed by atoms with Crippen molar-refractivity contribution in [3.05, 3.63) is 114 Å². The summed E-state index contributed by atoms with van der Waals surface area (Å²) in [6.45, 7) is 2.84. The summed E-state index contributed by atoms with van der Waals surface area (Å²) >= 11 is 0. The minimum atomic E-state index is -1.15. The Bertz CT molecular complexity index is 1470. The van der Waals surface area contributed by atoms with Gasteiger partial charge in [0.1, 0.15) is 11.8 Å². The van der Waals surface area contributed by atoms with E-state index in [1.807, 2.05) is 54.6 Å². The lowest BCUT2D eigenvalue weighted by Crippen LogP contribution is -2.51. The van der Waals surface area contributed by atoms with Crippen LogP contribution < -0.4 is 9.84 Å². The molecule has 0 N–H and O–H groups in total. The third-order valence-corrected chi connectivity index (χ3v) is 8.29. The monoisotopic (exact) mass is 566 g/mol. The second-order valence-corrected chi connectivity index (χ2v) is 11.0. The van der Waals surface area contributed by atoms with Crippen LogP contribution in [0.1, 0.15) is 41.9 Å². The van der Waals surface area contributed by atoms with E-state index in [-0.39, 0.29) is 18.6 Å². The average Bonchev–Trinajstić information content (AvgIpc) is 3.53. The van der Waals surface area contributed by atoms with Crippen LogP contribution in [0.15, 0.2) is 97.1 Å². The van der Waals surface area contributed by atoms with Gasteiger partial charge in [0, 0.05) is 31.0 Å². The minimum Gasteiger partial charge on any atom is -0.530 e. The number of hydrogen-bond acceptors (Lipinski definition) is 6. The molecular weight excluding hydrogens is 530 g/mol. The van der Waals surface area contributed by atoms with Crippen molar-refractivity contribution in [3.63, 3.8) is 0 Å². The lowest BCUT2D eigenvalue weighted by atomic mass is 9.87. The molecule has 0 aromatic heterocycles. The summed E-state index contributed by atoms with van der Waals surface area (Å²) in [5.74, 6) is 0.163. The lowest BCUT2D eigenvalue weighted by molar-refractivity contribution is -0.268. The summed E-state index contributed by atoms with van der Waals surface area (Å²) in [7, 11) is 0. The fourth-order valence-corrected chi connectivity index (χ4v) is 6.07. The zero-order valence-corrected chi connectivity index (χ0v) is 23.7. The molecule has 7 heteroatoms. The van der Waals surface area contributed by atoms with Crippen molar-refractivity contribution in [2.45, 2.75) is 43.7 Å². The quantitative estimate of drug-likeness (QED) is 0.232. The van der Waals surface area contributed by atoms with Gasteiger partial charge in [-0.15, -0.1) is 0 Å². The van der Waals surface area contributed by atoms with Gasteiger partial charge in [-0.3, -0.25) is 0 Å². The molecular formula is C35H36NO6-. The van der Waals surface area contributed by atoms with Gasteiger partial charge in [-0.25, -0.2) is 0 Å². The Morgan fingerprint density at radius 3 is 2.40 bits per heavy atom. The minimum absolute atomic E-state index is 0.0671. The highest BCUT2D eigenvalue weighted by atomic mass is 16.7. The molecule has 2 heterocycles. The number of benzene rings is 4. The standard InChI is InChI=1S/C35H37NO6/c37-34(38)36-19-17-32(33(24-36)40-25-26-11-12-27-7-4-5-8-29(27)23-26)28-13-15-31(16-14-28)39-20-6-18-35(41-21-22-42-35)30-9-2-1-3-10-30/h1-5,7-16,23,32-33H,6,17-22,24-25H2,(H,37,38)/p-1. The highest BCUT2D eigenvalue weighted by Crippen LogP contribution is 2.36. The first kappa shape index (κ1) is 28.2. The molecule has 4 aromatic rings. The first-order valence-electron chi connectivity index (χ1n) is 14.7. The topological polar surface area (TPSA) is 80.3 Å². The number of carboxylic acid groups (broad SMARTS) is 1. The predicted molar refractivity (Wildman–Crippen MR) is 158 cm³/mol. The van der Waals surface area contributed by atoms with Crippen LogP contribution in [0.4, 0.5) is 4.79 Å². The molecule has 0 aliphatic carbocycles. The van der Waals surface area contributed by atoms with E-state index in [1.165, 1.54) is 10.3 Å². The van der Waals surface area contributed by atoms with Gasteiger partial charge in [0.15, 0.2) is 5.79 Å². The summed E-state index contributed by atoms with van der Waals surface area (Å²) in [4.78, 5) is 13.0. The van der Waals surface area contributed by atoms with E-state index in [0.717, 1.165) is 34.2 Å². The van der Waals surface area contributed by atoms with E-state index in [1.54, 1.807) is 0 Å². The Kier molecular flexibility index (Phi) is 8.70. The molecule has 42 heavy (non-hydrogen) atoms. The van der Waals surface area contributed by atoms with Crippen LogP contribution in [0.2, 0.25) is 0 Å². The number of piperidine rings is 1. The van der Waals surface area contributed by atoms with Gasteiger partial charge >= 0.3 is 0 Å². The van der Waals surface area contributed by atoms with E-state index >= 15 is 0 Å². The molecule has 2 fully saturated rings. The third kappa shape index (κ3) is 6.44. The van der Waals surface area contributed by atoms with Crippen molar-refractivity contribution < 1.29 is 28.8 Å². The van der Waals surface area contributed by atoms with Crippen molar-refractivity contribution in [2.24, 2.45) is 0 Å². The summed E-state index contributed by atoms with van der Waals surface area (Å²) in [5.41, 5.74) is 3.21. The maximum absolute atomic E-state index is 11.6. The Balaban J connectivity index is 1.06. The molecule has 2 aliphatic rings. The maximum Gasteiger partial charge on any atom is 0.195 e. The molecule has 0 radical (unpaired) electrons. The second kappa shape index (κ2) is 12.9. The number of carbonyl (C=O) groups excluding carboxylic acids is 1. The van der Waals surface area contributed by atoms with E-state index in [4.69, 9.17) is 18.9 Å². The molecule has 1 amide bonds. The van der Waals surface area contributed by atoms with Crippen LogP contribution >= 0.6 is 0 Å². The molecule has 218 valence electrons. The SMILES string of the molecule is O=C([O-])N1CCC(c2ccc(OCCCC3(c4ccccc4)OCCO3)cc2)C(OCc2ccc3ccccc3c2)C1. The van der Waals surface area contributed by atoms with Crippen molar-refractivity contribution in [3.8, 4) is 5.75 Å². The van der Waals surface area contributed by atoms with E-state index < -0.39 is 11.9 Å². The molecule has 0 bridgehead atoms. The Hall–Kier alpha value is -3.91. The van der Waals surface area contributed by atoms with Crippen molar-refractivity contribution in [1.82, 2.24) is 4.90 Å². The van der Waals surface area contributed by atoms with Gasteiger partial charge in [0.2, 0.25) is 0 Å². The van der Waals surface area contributed by atoms with Gasteiger partial charge < -0.3 is 33.7 Å². The molecule has 7 nitrogen and oxygen atoms in total. The molecule has 6 rings (SSSR count). The van der Waals surface area contributed by atoms with E-state index in [0.29, 0.717) is 45.8 Å². The summed E-state index contributed by atoms with van der Waals surface area (Å²) in [6.07, 6.45) is 0.721. The molecule has 2 aliphatic heterocycles. The first-order valence-corrected chi connectivity index (χ1v) is 14.7. The number of amides is 1. The second-order valence-electron chi connectivity index (χ2n) is 11.0. The molecule has 4 aromatic carbocycles. The number of ether oxygens (including phenoxy) is 4.